The van der Waals surface area contributed by atoms with Crippen LogP contribution in [0.1, 0.15) is 42.2 Å². The molecule has 0 saturated heterocycles. The summed E-state index contributed by atoms with van der Waals surface area (Å²) in [6.07, 6.45) is 2.27. The minimum atomic E-state index is -0.955. The number of fused-ring (bicyclic) bond motifs is 1. The standard InChI is InChI=1S/C15H17N3O2/c1-15(2)8-12(10-6-4-3-5-7-10)17-13-11(14(19)20)9-16-18(13)15/h3-7,9,12,17H,8H2,1-2H3,(H,19,20)/t12-/m1/s1. The minimum Gasteiger partial charge on any atom is -0.477 e. The molecule has 0 aliphatic carbocycles. The van der Waals surface area contributed by atoms with Crippen LogP contribution in [0.15, 0.2) is 36.5 Å². The predicted molar refractivity (Wildman–Crippen MR) is 75.9 cm³/mol. The molecular formula is C15H17N3O2. The Labute approximate surface area is 117 Å². The summed E-state index contributed by atoms with van der Waals surface area (Å²) in [7, 11) is 0. The Morgan fingerprint density at radius 3 is 2.75 bits per heavy atom. The fourth-order valence-corrected chi connectivity index (χ4v) is 2.79. The molecule has 0 spiro atoms. The summed E-state index contributed by atoms with van der Waals surface area (Å²) in [5, 5.41) is 16.8. The summed E-state index contributed by atoms with van der Waals surface area (Å²) in [6, 6.07) is 10.2. The van der Waals surface area contributed by atoms with Gasteiger partial charge in [0.2, 0.25) is 0 Å². The SMILES string of the molecule is CC1(C)C[C@H](c2ccccc2)Nc2c(C(=O)O)cnn21. The number of carboxylic acid groups (broad SMARTS) is 1. The quantitative estimate of drug-likeness (QED) is 0.881. The molecule has 2 heterocycles. The molecule has 1 atom stereocenters. The van der Waals surface area contributed by atoms with Gasteiger partial charge in [0, 0.05) is 0 Å². The van der Waals surface area contributed by atoms with Crippen LogP contribution in [0, 0.1) is 0 Å². The van der Waals surface area contributed by atoms with E-state index in [1.165, 1.54) is 6.20 Å². The first-order valence-electron chi connectivity index (χ1n) is 6.62. The normalized spacial score (nSPS) is 20.0. The first-order valence-corrected chi connectivity index (χ1v) is 6.62. The van der Waals surface area contributed by atoms with Crippen LogP contribution in [-0.4, -0.2) is 20.9 Å². The molecule has 0 bridgehead atoms. The number of anilines is 1. The molecule has 0 saturated carbocycles. The van der Waals surface area contributed by atoms with E-state index >= 15 is 0 Å². The third kappa shape index (κ3) is 1.95. The monoisotopic (exact) mass is 271 g/mol. The van der Waals surface area contributed by atoms with Gasteiger partial charge in [-0.3, -0.25) is 0 Å². The highest BCUT2D eigenvalue weighted by Gasteiger charge is 2.36. The number of carboxylic acids is 1. The number of aromatic nitrogens is 2. The van der Waals surface area contributed by atoms with Crippen molar-refractivity contribution in [2.75, 3.05) is 5.32 Å². The number of nitrogens with one attached hydrogen (secondary N) is 1. The second-order valence-electron chi connectivity index (χ2n) is 5.75. The lowest BCUT2D eigenvalue weighted by molar-refractivity contribution is 0.0697. The second kappa shape index (κ2) is 4.37. The van der Waals surface area contributed by atoms with Crippen molar-refractivity contribution in [2.45, 2.75) is 31.8 Å². The van der Waals surface area contributed by atoms with Gasteiger partial charge in [-0.25, -0.2) is 9.48 Å². The Balaban J connectivity index is 2.05. The van der Waals surface area contributed by atoms with Gasteiger partial charge in [-0.15, -0.1) is 0 Å². The van der Waals surface area contributed by atoms with Crippen molar-refractivity contribution in [3.8, 4) is 0 Å². The van der Waals surface area contributed by atoms with Crippen LogP contribution in [0.25, 0.3) is 0 Å². The lowest BCUT2D eigenvalue weighted by atomic mass is 9.89. The predicted octanol–water partition coefficient (Wildman–Crippen LogP) is 2.87. The summed E-state index contributed by atoms with van der Waals surface area (Å²) < 4.78 is 1.77. The second-order valence-corrected chi connectivity index (χ2v) is 5.75. The molecular weight excluding hydrogens is 254 g/mol. The Bertz CT molecular complexity index is 646. The van der Waals surface area contributed by atoms with Gasteiger partial charge in [-0.2, -0.15) is 5.10 Å². The molecule has 104 valence electrons. The molecule has 5 nitrogen and oxygen atoms in total. The third-order valence-electron chi connectivity index (χ3n) is 3.79. The molecule has 2 aromatic rings. The molecule has 20 heavy (non-hydrogen) atoms. The maximum Gasteiger partial charge on any atom is 0.341 e. The Morgan fingerprint density at radius 1 is 1.40 bits per heavy atom. The molecule has 5 heteroatoms. The van der Waals surface area contributed by atoms with Crippen molar-refractivity contribution < 1.29 is 9.90 Å². The molecule has 1 aliphatic heterocycles. The van der Waals surface area contributed by atoms with E-state index in [0.29, 0.717) is 5.82 Å². The summed E-state index contributed by atoms with van der Waals surface area (Å²) in [5.74, 6) is -0.370. The first kappa shape index (κ1) is 12.7. The van der Waals surface area contributed by atoms with E-state index in [1.54, 1.807) is 4.68 Å². The Morgan fingerprint density at radius 2 is 2.10 bits per heavy atom. The average Bonchev–Trinajstić information content (AvgIpc) is 2.84. The number of aromatic carboxylic acids is 1. The molecule has 1 aromatic heterocycles. The van der Waals surface area contributed by atoms with E-state index in [-0.39, 0.29) is 17.1 Å². The highest BCUT2D eigenvalue weighted by molar-refractivity contribution is 5.93. The van der Waals surface area contributed by atoms with Gasteiger partial charge in [-0.1, -0.05) is 30.3 Å². The minimum absolute atomic E-state index is 0.0912. The molecule has 2 N–H and O–H groups in total. The van der Waals surface area contributed by atoms with Gasteiger partial charge < -0.3 is 10.4 Å². The van der Waals surface area contributed by atoms with Crippen molar-refractivity contribution in [2.24, 2.45) is 0 Å². The number of rotatable bonds is 2. The van der Waals surface area contributed by atoms with Crippen molar-refractivity contribution in [1.29, 1.82) is 0 Å². The number of carbonyl (C=O) groups is 1. The first-order chi connectivity index (χ1) is 9.49. The fourth-order valence-electron chi connectivity index (χ4n) is 2.79. The van der Waals surface area contributed by atoms with Crippen LogP contribution in [0.5, 0.6) is 0 Å². The maximum absolute atomic E-state index is 11.3. The fraction of sp³-hybridized carbons (Fsp3) is 0.333. The Hall–Kier alpha value is -2.30. The highest BCUT2D eigenvalue weighted by atomic mass is 16.4. The number of nitrogens with zero attached hydrogens (tertiary/aromatic N) is 2. The van der Waals surface area contributed by atoms with Gasteiger partial charge in [0.15, 0.2) is 0 Å². The molecule has 0 unspecified atom stereocenters. The Kier molecular flexibility index (Phi) is 2.78. The lowest BCUT2D eigenvalue weighted by Gasteiger charge is -2.38. The van der Waals surface area contributed by atoms with Crippen LogP contribution in [0.4, 0.5) is 5.82 Å². The molecule has 0 radical (unpaired) electrons. The molecule has 3 rings (SSSR count). The van der Waals surface area contributed by atoms with Gasteiger partial charge in [0.1, 0.15) is 11.4 Å². The van der Waals surface area contributed by atoms with Crippen molar-refractivity contribution in [3.63, 3.8) is 0 Å². The third-order valence-corrected chi connectivity index (χ3v) is 3.79. The molecule has 0 fully saturated rings. The summed E-state index contributed by atoms with van der Waals surface area (Å²) >= 11 is 0. The zero-order chi connectivity index (χ0) is 14.3. The van der Waals surface area contributed by atoms with E-state index in [4.69, 9.17) is 0 Å². The van der Waals surface area contributed by atoms with Crippen LogP contribution in [0.2, 0.25) is 0 Å². The highest BCUT2D eigenvalue weighted by Crippen LogP contribution is 2.39. The maximum atomic E-state index is 11.3. The van der Waals surface area contributed by atoms with Crippen LogP contribution < -0.4 is 5.32 Å². The summed E-state index contributed by atoms with van der Waals surface area (Å²) in [6.45, 7) is 4.15. The van der Waals surface area contributed by atoms with Crippen LogP contribution >= 0.6 is 0 Å². The van der Waals surface area contributed by atoms with E-state index in [2.05, 4.69) is 36.4 Å². The zero-order valence-electron chi connectivity index (χ0n) is 11.5. The summed E-state index contributed by atoms with van der Waals surface area (Å²) in [5.41, 5.74) is 1.15. The van der Waals surface area contributed by atoms with Crippen molar-refractivity contribution in [3.05, 3.63) is 47.7 Å². The van der Waals surface area contributed by atoms with Crippen molar-refractivity contribution >= 4 is 11.8 Å². The van der Waals surface area contributed by atoms with Crippen molar-refractivity contribution in [1.82, 2.24) is 9.78 Å². The summed E-state index contributed by atoms with van der Waals surface area (Å²) in [4.78, 5) is 11.3. The van der Waals surface area contributed by atoms with E-state index in [1.807, 2.05) is 18.2 Å². The van der Waals surface area contributed by atoms with E-state index < -0.39 is 5.97 Å². The van der Waals surface area contributed by atoms with Gasteiger partial charge in [-0.05, 0) is 25.8 Å². The molecule has 1 aromatic carbocycles. The van der Waals surface area contributed by atoms with Gasteiger partial charge >= 0.3 is 5.97 Å². The number of benzene rings is 1. The van der Waals surface area contributed by atoms with E-state index in [9.17, 15) is 9.90 Å². The van der Waals surface area contributed by atoms with Crippen LogP contribution in [0.3, 0.4) is 0 Å². The molecule has 0 amide bonds. The topological polar surface area (TPSA) is 67.2 Å². The lowest BCUT2D eigenvalue weighted by Crippen LogP contribution is -2.38. The van der Waals surface area contributed by atoms with Gasteiger partial charge in [0.25, 0.3) is 0 Å². The zero-order valence-corrected chi connectivity index (χ0v) is 11.5. The average molecular weight is 271 g/mol. The van der Waals surface area contributed by atoms with E-state index in [0.717, 1.165) is 12.0 Å². The number of hydrogen-bond donors (Lipinski definition) is 2. The smallest absolute Gasteiger partial charge is 0.341 e. The molecule has 1 aliphatic rings. The van der Waals surface area contributed by atoms with Crippen LogP contribution in [-0.2, 0) is 5.54 Å². The number of hydrogen-bond acceptors (Lipinski definition) is 3. The van der Waals surface area contributed by atoms with Gasteiger partial charge in [0.05, 0.1) is 17.8 Å². The largest absolute Gasteiger partial charge is 0.477 e.